The number of aryl methyl sites for hydroxylation is 2. The molecule has 0 aliphatic heterocycles. The van der Waals surface area contributed by atoms with Crippen molar-refractivity contribution in [3.05, 3.63) is 100 Å². The number of hydrogen-bond acceptors (Lipinski definition) is 5. The van der Waals surface area contributed by atoms with Gasteiger partial charge < -0.3 is 29.0 Å². The molecule has 8 nitrogen and oxygen atoms in total. The Labute approximate surface area is 232 Å². The van der Waals surface area contributed by atoms with E-state index in [1.807, 2.05) is 6.07 Å². The number of aromatic nitrogens is 2. The topological polar surface area (TPSA) is 90.6 Å². The maximum Gasteiger partial charge on any atom is 2.00 e. The minimum atomic E-state index is -0.288. The predicted molar refractivity (Wildman–Crippen MR) is 140 cm³/mol. The second-order valence-corrected chi connectivity index (χ2v) is 7.55. The summed E-state index contributed by atoms with van der Waals surface area (Å²) in [5, 5.41) is 3.61. The van der Waals surface area contributed by atoms with E-state index in [1.54, 1.807) is 62.8 Å². The first-order valence-electron chi connectivity index (χ1n) is 10.2. The average molecular weight is 522 g/mol. The molecule has 4 rings (SSSR count). The maximum atomic E-state index is 12.1. The van der Waals surface area contributed by atoms with Crippen molar-refractivity contribution in [3.8, 4) is 0 Å². The molecule has 0 spiro atoms. The summed E-state index contributed by atoms with van der Waals surface area (Å²) in [5.41, 5.74) is 0.836. The molecule has 2 aromatic heterocycles. The number of carbonyl (C=O) groups excluding carboxylic acids is 2. The molecule has 10 heteroatoms. The van der Waals surface area contributed by atoms with E-state index in [4.69, 9.17) is 4.84 Å². The third kappa shape index (κ3) is 6.61. The van der Waals surface area contributed by atoms with E-state index in [-0.39, 0.29) is 65.7 Å². The minimum absolute atomic E-state index is 0. The summed E-state index contributed by atoms with van der Waals surface area (Å²) in [7, 11) is 6.23. The van der Waals surface area contributed by atoms with Crippen LogP contribution in [0.15, 0.2) is 70.5 Å². The molecule has 0 fully saturated rings. The summed E-state index contributed by atoms with van der Waals surface area (Å²) in [6.45, 7) is 1.51. The van der Waals surface area contributed by atoms with Crippen LogP contribution in [-0.2, 0) is 18.9 Å². The molecule has 0 radical (unpaired) electrons. The molecule has 2 heterocycles. The van der Waals surface area contributed by atoms with Crippen molar-refractivity contribution in [1.29, 1.82) is 0 Å². The number of rotatable bonds is 3. The van der Waals surface area contributed by atoms with Gasteiger partial charge in [-0.2, -0.15) is 0 Å². The van der Waals surface area contributed by atoms with Crippen molar-refractivity contribution >= 4 is 56.3 Å². The van der Waals surface area contributed by atoms with E-state index < -0.39 is 0 Å². The molecule has 2 aromatic carbocycles. The fraction of sp³-hybridized carbons (Fsp3) is 0.192. The molecular weight excluding hydrogens is 494 g/mol. The summed E-state index contributed by atoms with van der Waals surface area (Å²) < 4.78 is 2.85. The number of benzene rings is 2. The van der Waals surface area contributed by atoms with Gasteiger partial charge in [0.1, 0.15) is 0 Å². The number of halogens is 1. The van der Waals surface area contributed by atoms with Crippen LogP contribution >= 0.6 is 0 Å². The molecule has 0 bridgehead atoms. The number of pyridine rings is 2. The molecule has 1 amide bonds. The Morgan fingerprint density at radius 1 is 0.778 bits per heavy atom. The number of hydrogen-bond donors (Lipinski definition) is 0. The number of nitrogens with zero attached hydrogens (tertiary/aromatic N) is 3. The number of fused-ring (bicyclic) bond motifs is 2. The first-order valence-corrected chi connectivity index (χ1v) is 10.2. The first kappa shape index (κ1) is 33.0. The smallest absolute Gasteiger partial charge is 1.00 e. The maximum absolute atomic E-state index is 12.1. The molecule has 0 atom stereocenters. The van der Waals surface area contributed by atoms with Crippen LogP contribution in [-0.4, -0.2) is 63.1 Å². The second-order valence-electron chi connectivity index (χ2n) is 7.55. The van der Waals surface area contributed by atoms with Crippen molar-refractivity contribution in [3.63, 3.8) is 0 Å². The Morgan fingerprint density at radius 3 is 1.53 bits per heavy atom. The van der Waals surface area contributed by atoms with Gasteiger partial charge in [-0.1, -0.05) is 36.4 Å². The zero-order valence-corrected chi connectivity index (χ0v) is 23.4. The van der Waals surface area contributed by atoms with Crippen molar-refractivity contribution in [2.75, 3.05) is 14.2 Å². The first-order chi connectivity index (χ1) is 15.7. The van der Waals surface area contributed by atoms with E-state index in [2.05, 4.69) is 0 Å². The summed E-state index contributed by atoms with van der Waals surface area (Å²) in [5.74, 6) is -0.314. The van der Waals surface area contributed by atoms with E-state index in [0.29, 0.717) is 27.3 Å². The molecule has 0 aliphatic carbocycles. The van der Waals surface area contributed by atoms with Gasteiger partial charge in [0.05, 0.1) is 12.7 Å². The van der Waals surface area contributed by atoms with Gasteiger partial charge in [0.25, 0.3) is 17.0 Å². The van der Waals surface area contributed by atoms with E-state index in [0.717, 1.165) is 10.4 Å². The monoisotopic (exact) mass is 521 g/mol. The van der Waals surface area contributed by atoms with Gasteiger partial charge in [0.15, 0.2) is 5.78 Å². The predicted octanol–water partition coefficient (Wildman–Crippen LogP) is -0.0135. The van der Waals surface area contributed by atoms with Crippen molar-refractivity contribution in [1.82, 2.24) is 14.2 Å². The number of ketones is 1. The fourth-order valence-corrected chi connectivity index (χ4v) is 3.54. The van der Waals surface area contributed by atoms with Gasteiger partial charge >= 0.3 is 23.1 Å². The van der Waals surface area contributed by atoms with Gasteiger partial charge in [-0.05, 0) is 24.4 Å². The third-order valence-electron chi connectivity index (χ3n) is 5.35. The number of hydroxylamine groups is 2. The Morgan fingerprint density at radius 2 is 1.14 bits per heavy atom. The molecule has 0 N–H and O–H groups in total. The Kier molecular flexibility index (Phi) is 12.8. The van der Waals surface area contributed by atoms with Crippen LogP contribution in [0.25, 0.3) is 21.5 Å². The van der Waals surface area contributed by atoms with Crippen molar-refractivity contribution < 1.29 is 26.8 Å². The normalized spacial score (nSPS) is 9.69. The third-order valence-corrected chi connectivity index (χ3v) is 5.35. The largest absolute Gasteiger partial charge is 2.00 e. The summed E-state index contributed by atoms with van der Waals surface area (Å²) in [6.07, 6.45) is 3.12. The standard InChI is InChI=1S/C13H14N2O3.C12H11NO2.CH3.ClH.Mg/c1-14-8-11(13(17)15(2)18-3)9-6-4-5-7-10(9)12(14)16;1-8(14)11-7-13(2)12(15)10-6-4-3-5-9(10)11;;;/h4-8H,1-3H3;3-7H,1-2H3;1H3;1H;/q;;-1;;+2/p-1. The van der Waals surface area contributed by atoms with Crippen molar-refractivity contribution in [2.24, 2.45) is 14.1 Å². The summed E-state index contributed by atoms with van der Waals surface area (Å²) in [6, 6.07) is 14.2. The molecular formula is C26H28ClMgN3O5. The molecule has 186 valence electrons. The van der Waals surface area contributed by atoms with Crippen LogP contribution in [0.5, 0.6) is 0 Å². The van der Waals surface area contributed by atoms with Gasteiger partial charge in [-0.25, -0.2) is 5.06 Å². The fourth-order valence-electron chi connectivity index (χ4n) is 3.54. The van der Waals surface area contributed by atoms with Crippen molar-refractivity contribution in [2.45, 2.75) is 6.92 Å². The van der Waals surface area contributed by atoms with Crippen LogP contribution in [0, 0.1) is 7.43 Å². The number of Topliss-reactive ketones (excluding diaryl/α,β-unsaturated/α-hetero) is 1. The van der Waals surface area contributed by atoms with Crippen LogP contribution in [0.1, 0.15) is 27.6 Å². The van der Waals surface area contributed by atoms with Crippen LogP contribution in [0.2, 0.25) is 0 Å². The molecule has 0 saturated carbocycles. The molecule has 0 unspecified atom stereocenters. The molecule has 4 aromatic rings. The van der Waals surface area contributed by atoms with E-state index in [1.165, 1.54) is 36.4 Å². The second kappa shape index (κ2) is 13.9. The molecule has 0 saturated heterocycles. The van der Waals surface area contributed by atoms with Gasteiger partial charge in [0, 0.05) is 55.3 Å². The molecule has 0 aliphatic rings. The summed E-state index contributed by atoms with van der Waals surface area (Å²) in [4.78, 5) is 52.1. The quantitative estimate of drug-likeness (QED) is 0.164. The summed E-state index contributed by atoms with van der Waals surface area (Å²) >= 11 is 0. The zero-order chi connectivity index (χ0) is 24.3. The Hall–Kier alpha value is -2.98. The minimum Gasteiger partial charge on any atom is -1.00 e. The van der Waals surface area contributed by atoms with Crippen LogP contribution < -0.4 is 23.5 Å². The van der Waals surface area contributed by atoms with E-state index >= 15 is 0 Å². The average Bonchev–Trinajstić information content (AvgIpc) is 2.83. The van der Waals surface area contributed by atoms with Gasteiger partial charge in [0.2, 0.25) is 0 Å². The Balaban J connectivity index is 0.000000636. The van der Waals surface area contributed by atoms with Crippen LogP contribution in [0.3, 0.4) is 0 Å². The molecule has 36 heavy (non-hydrogen) atoms. The van der Waals surface area contributed by atoms with Gasteiger partial charge in [-0.3, -0.25) is 24.0 Å². The van der Waals surface area contributed by atoms with Gasteiger partial charge in [-0.15, -0.1) is 0 Å². The Bertz CT molecular complexity index is 1500. The number of amides is 1. The zero-order valence-electron chi connectivity index (χ0n) is 21.2. The SMILES string of the molecule is CC(=O)c1cn(C)c(=O)c2ccccc12.CON(C)C(=O)c1cn(C)c(=O)c2ccccc12.[CH3-].[Cl-].[Mg+2]. The van der Waals surface area contributed by atoms with Crippen LogP contribution in [0.4, 0.5) is 0 Å². The van der Waals surface area contributed by atoms with E-state index in [9.17, 15) is 19.2 Å². The number of carbonyl (C=O) groups is 2.